The van der Waals surface area contributed by atoms with Crippen LogP contribution >= 0.6 is 11.3 Å². The van der Waals surface area contributed by atoms with Gasteiger partial charge in [-0.05, 0) is 40.3 Å². The maximum absolute atomic E-state index is 6.39. The van der Waals surface area contributed by atoms with E-state index in [1.54, 1.807) is 11.3 Å². The van der Waals surface area contributed by atoms with Gasteiger partial charge in [-0.2, -0.15) is 0 Å². The monoisotopic (exact) mass is 253 g/mol. The van der Waals surface area contributed by atoms with E-state index in [-0.39, 0.29) is 6.04 Å². The molecule has 1 nitrogen and oxygen atoms in total. The van der Waals surface area contributed by atoms with Crippen LogP contribution in [0.2, 0.25) is 0 Å². The molecule has 0 saturated heterocycles. The molecule has 0 fully saturated rings. The molecule has 1 aromatic heterocycles. The zero-order valence-electron chi connectivity index (χ0n) is 10.3. The lowest BCUT2D eigenvalue weighted by atomic mass is 9.95. The third-order valence-electron chi connectivity index (χ3n) is 3.36. The lowest BCUT2D eigenvalue weighted by Crippen LogP contribution is -2.10. The minimum absolute atomic E-state index is 0.0319. The Morgan fingerprint density at radius 3 is 2.44 bits per heavy atom. The zero-order chi connectivity index (χ0) is 12.5. The molecule has 0 aliphatic rings. The molecule has 1 heterocycles. The van der Waals surface area contributed by atoms with Gasteiger partial charge in [-0.1, -0.05) is 42.5 Å². The molecule has 0 aliphatic carbocycles. The first-order valence-electron chi connectivity index (χ1n) is 6.04. The Hall–Kier alpha value is -1.64. The highest BCUT2D eigenvalue weighted by Crippen LogP contribution is 2.30. The standard InChI is InChI=1S/C16H15NS/c1-11-8-9-14(13-6-3-2-5-12(11)13)16(17)15-7-4-10-18-15/h2-10,16H,17H2,1H3. The fraction of sp³-hybridized carbons (Fsp3) is 0.125. The van der Waals surface area contributed by atoms with Crippen molar-refractivity contribution in [2.24, 2.45) is 5.73 Å². The lowest BCUT2D eigenvalue weighted by Gasteiger charge is -2.14. The summed E-state index contributed by atoms with van der Waals surface area (Å²) in [7, 11) is 0. The van der Waals surface area contributed by atoms with Crippen molar-refractivity contribution in [1.82, 2.24) is 0 Å². The van der Waals surface area contributed by atoms with Crippen molar-refractivity contribution in [1.29, 1.82) is 0 Å². The van der Waals surface area contributed by atoms with Gasteiger partial charge in [0.25, 0.3) is 0 Å². The van der Waals surface area contributed by atoms with Gasteiger partial charge in [-0.3, -0.25) is 0 Å². The molecule has 0 radical (unpaired) electrons. The normalized spacial score (nSPS) is 12.8. The molecule has 0 saturated carbocycles. The summed E-state index contributed by atoms with van der Waals surface area (Å²) in [5.41, 5.74) is 8.89. The van der Waals surface area contributed by atoms with Crippen molar-refractivity contribution in [3.63, 3.8) is 0 Å². The predicted molar refractivity (Wildman–Crippen MR) is 79.0 cm³/mol. The summed E-state index contributed by atoms with van der Waals surface area (Å²) in [6.45, 7) is 2.14. The van der Waals surface area contributed by atoms with Gasteiger partial charge >= 0.3 is 0 Å². The number of hydrogen-bond acceptors (Lipinski definition) is 2. The third kappa shape index (κ3) is 1.84. The Bertz CT molecular complexity index is 671. The van der Waals surface area contributed by atoms with E-state index in [9.17, 15) is 0 Å². The first-order valence-corrected chi connectivity index (χ1v) is 6.92. The maximum atomic E-state index is 6.39. The molecule has 18 heavy (non-hydrogen) atoms. The Morgan fingerprint density at radius 1 is 0.944 bits per heavy atom. The fourth-order valence-electron chi connectivity index (χ4n) is 2.37. The number of aryl methyl sites for hydroxylation is 1. The van der Waals surface area contributed by atoms with Gasteiger partial charge < -0.3 is 5.73 Å². The van der Waals surface area contributed by atoms with Crippen LogP contribution in [0.5, 0.6) is 0 Å². The van der Waals surface area contributed by atoms with Gasteiger partial charge in [0, 0.05) is 4.88 Å². The summed E-state index contributed by atoms with van der Waals surface area (Å²) in [6, 6.07) is 16.9. The molecule has 1 atom stereocenters. The average molecular weight is 253 g/mol. The largest absolute Gasteiger partial charge is 0.320 e. The second-order valence-corrected chi connectivity index (χ2v) is 5.49. The molecule has 2 aromatic carbocycles. The Labute approximate surface area is 111 Å². The average Bonchev–Trinajstić information content (AvgIpc) is 2.93. The van der Waals surface area contributed by atoms with Gasteiger partial charge in [-0.25, -0.2) is 0 Å². The summed E-state index contributed by atoms with van der Waals surface area (Å²) in [4.78, 5) is 1.21. The van der Waals surface area contributed by atoms with Gasteiger partial charge in [-0.15, -0.1) is 11.3 Å². The van der Waals surface area contributed by atoms with Gasteiger partial charge in [0.2, 0.25) is 0 Å². The second-order valence-electron chi connectivity index (χ2n) is 4.51. The predicted octanol–water partition coefficient (Wildman–Crippen LogP) is 4.26. The van der Waals surface area contributed by atoms with E-state index in [0.29, 0.717) is 0 Å². The van der Waals surface area contributed by atoms with E-state index < -0.39 is 0 Å². The number of rotatable bonds is 2. The number of nitrogens with two attached hydrogens (primary N) is 1. The summed E-state index contributed by atoms with van der Waals surface area (Å²) in [5, 5.41) is 4.63. The van der Waals surface area contributed by atoms with Crippen LogP contribution in [0, 0.1) is 6.92 Å². The second kappa shape index (κ2) is 4.56. The first-order chi connectivity index (χ1) is 8.77. The first kappa shape index (κ1) is 11.5. The van der Waals surface area contributed by atoms with Gasteiger partial charge in [0.15, 0.2) is 0 Å². The Balaban J connectivity index is 2.21. The minimum atomic E-state index is -0.0319. The molecule has 90 valence electrons. The van der Waals surface area contributed by atoms with Crippen LogP contribution in [0.25, 0.3) is 10.8 Å². The van der Waals surface area contributed by atoms with Crippen molar-refractivity contribution in [3.8, 4) is 0 Å². The molecule has 2 N–H and O–H groups in total. The van der Waals surface area contributed by atoms with Crippen LogP contribution in [0.3, 0.4) is 0 Å². The Morgan fingerprint density at radius 2 is 1.72 bits per heavy atom. The number of fused-ring (bicyclic) bond motifs is 1. The molecule has 0 spiro atoms. The molecule has 0 bridgehead atoms. The van der Waals surface area contributed by atoms with E-state index in [1.807, 2.05) is 0 Å². The fourth-order valence-corrected chi connectivity index (χ4v) is 3.11. The van der Waals surface area contributed by atoms with E-state index in [1.165, 1.54) is 26.8 Å². The summed E-state index contributed by atoms with van der Waals surface area (Å²) in [5.74, 6) is 0. The summed E-state index contributed by atoms with van der Waals surface area (Å²) < 4.78 is 0. The van der Waals surface area contributed by atoms with Crippen LogP contribution in [0.1, 0.15) is 22.0 Å². The van der Waals surface area contributed by atoms with Crippen molar-refractivity contribution in [3.05, 3.63) is 69.9 Å². The number of hydrogen-bond donors (Lipinski definition) is 1. The van der Waals surface area contributed by atoms with Crippen molar-refractivity contribution in [2.75, 3.05) is 0 Å². The molecule has 2 heteroatoms. The lowest BCUT2D eigenvalue weighted by molar-refractivity contribution is 0.903. The maximum Gasteiger partial charge on any atom is 0.0652 e. The van der Waals surface area contributed by atoms with Gasteiger partial charge in [0.05, 0.1) is 6.04 Å². The van der Waals surface area contributed by atoms with Gasteiger partial charge in [0.1, 0.15) is 0 Å². The topological polar surface area (TPSA) is 26.0 Å². The molecule has 3 aromatic rings. The Kier molecular flexibility index (Phi) is 2.90. The van der Waals surface area contributed by atoms with Crippen LogP contribution < -0.4 is 5.73 Å². The van der Waals surface area contributed by atoms with E-state index in [0.717, 1.165) is 0 Å². The quantitative estimate of drug-likeness (QED) is 0.725. The molecule has 3 rings (SSSR count). The van der Waals surface area contributed by atoms with Crippen LogP contribution in [0.15, 0.2) is 53.9 Å². The molecule has 0 amide bonds. The van der Waals surface area contributed by atoms with E-state index in [4.69, 9.17) is 5.73 Å². The minimum Gasteiger partial charge on any atom is -0.320 e. The number of thiophene rings is 1. The third-order valence-corrected chi connectivity index (χ3v) is 4.32. The summed E-state index contributed by atoms with van der Waals surface area (Å²) >= 11 is 1.71. The van der Waals surface area contributed by atoms with Crippen molar-refractivity contribution < 1.29 is 0 Å². The highest BCUT2D eigenvalue weighted by atomic mass is 32.1. The van der Waals surface area contributed by atoms with Crippen LogP contribution in [-0.4, -0.2) is 0 Å². The smallest absolute Gasteiger partial charge is 0.0652 e. The molecular weight excluding hydrogens is 238 g/mol. The molecule has 0 aliphatic heterocycles. The van der Waals surface area contributed by atoms with Crippen molar-refractivity contribution >= 4 is 22.1 Å². The molecular formula is C16H15NS. The number of benzene rings is 2. The summed E-state index contributed by atoms with van der Waals surface area (Å²) in [6.07, 6.45) is 0. The van der Waals surface area contributed by atoms with E-state index >= 15 is 0 Å². The zero-order valence-corrected chi connectivity index (χ0v) is 11.1. The SMILES string of the molecule is Cc1ccc(C(N)c2cccs2)c2ccccc12. The van der Waals surface area contributed by atoms with Crippen LogP contribution in [0.4, 0.5) is 0 Å². The molecule has 1 unspecified atom stereocenters. The van der Waals surface area contributed by atoms with E-state index in [2.05, 4.69) is 60.8 Å². The highest BCUT2D eigenvalue weighted by Gasteiger charge is 2.13. The highest BCUT2D eigenvalue weighted by molar-refractivity contribution is 7.10. The van der Waals surface area contributed by atoms with Crippen molar-refractivity contribution in [2.45, 2.75) is 13.0 Å². The van der Waals surface area contributed by atoms with Crippen LogP contribution in [-0.2, 0) is 0 Å².